The number of halogens is 2. The predicted octanol–water partition coefficient (Wildman–Crippen LogP) is 2.78. The Morgan fingerprint density at radius 3 is 2.35 bits per heavy atom. The van der Waals surface area contributed by atoms with Crippen LogP contribution in [0.5, 0.6) is 0 Å². The molecule has 1 aromatic carbocycles. The summed E-state index contributed by atoms with van der Waals surface area (Å²) < 4.78 is 0. The van der Waals surface area contributed by atoms with E-state index in [9.17, 15) is 4.79 Å². The minimum atomic E-state index is 0.00802. The summed E-state index contributed by atoms with van der Waals surface area (Å²) in [5, 5.41) is 4.28. The molecular formula is C16H24Cl2N4O. The molecule has 0 aromatic heterocycles. The first-order chi connectivity index (χ1) is 11.0. The zero-order chi connectivity index (χ0) is 16.8. The van der Waals surface area contributed by atoms with Crippen LogP contribution in [0, 0.1) is 0 Å². The quantitative estimate of drug-likeness (QED) is 0.822. The Bertz CT molecular complexity index is 511. The van der Waals surface area contributed by atoms with Crippen molar-refractivity contribution >= 4 is 34.9 Å². The van der Waals surface area contributed by atoms with Crippen molar-refractivity contribution in [2.24, 2.45) is 0 Å². The molecule has 0 radical (unpaired) electrons. The molecule has 5 nitrogen and oxygen atoms in total. The van der Waals surface area contributed by atoms with E-state index in [0.717, 1.165) is 31.7 Å². The molecule has 23 heavy (non-hydrogen) atoms. The van der Waals surface area contributed by atoms with Crippen LogP contribution in [0.2, 0.25) is 10.0 Å². The van der Waals surface area contributed by atoms with Gasteiger partial charge in [-0.05, 0) is 39.2 Å². The lowest BCUT2D eigenvalue weighted by atomic mass is 10.2. The molecule has 1 aromatic rings. The summed E-state index contributed by atoms with van der Waals surface area (Å²) in [6, 6.07) is 5.53. The van der Waals surface area contributed by atoms with Crippen LogP contribution < -0.4 is 10.2 Å². The summed E-state index contributed by atoms with van der Waals surface area (Å²) in [7, 11) is 4.06. The fourth-order valence-corrected chi connectivity index (χ4v) is 3.26. The summed E-state index contributed by atoms with van der Waals surface area (Å²) in [6.45, 7) is 4.47. The second kappa shape index (κ2) is 8.62. The first-order valence-corrected chi connectivity index (χ1v) is 8.61. The van der Waals surface area contributed by atoms with Gasteiger partial charge >= 0.3 is 6.03 Å². The molecule has 0 atom stereocenters. The van der Waals surface area contributed by atoms with E-state index in [4.69, 9.17) is 23.2 Å². The van der Waals surface area contributed by atoms with Gasteiger partial charge in [-0.15, -0.1) is 0 Å². The van der Waals surface area contributed by atoms with Gasteiger partial charge in [0.25, 0.3) is 0 Å². The van der Waals surface area contributed by atoms with Crippen LogP contribution >= 0.6 is 23.2 Å². The van der Waals surface area contributed by atoms with Crippen molar-refractivity contribution < 1.29 is 4.79 Å². The number of piperazine rings is 1. The summed E-state index contributed by atoms with van der Waals surface area (Å²) in [5.74, 6) is 0. The molecule has 0 spiro atoms. The molecule has 1 aliphatic heterocycles. The minimum Gasteiger partial charge on any atom is -0.366 e. The van der Waals surface area contributed by atoms with Gasteiger partial charge in [-0.1, -0.05) is 29.3 Å². The summed E-state index contributed by atoms with van der Waals surface area (Å²) in [4.78, 5) is 18.2. The Hall–Kier alpha value is -1.17. The van der Waals surface area contributed by atoms with Gasteiger partial charge in [0, 0.05) is 32.7 Å². The Morgan fingerprint density at radius 1 is 1.17 bits per heavy atom. The lowest BCUT2D eigenvalue weighted by Crippen LogP contribution is -2.52. The maximum atomic E-state index is 12.2. The van der Waals surface area contributed by atoms with Crippen molar-refractivity contribution in [1.29, 1.82) is 0 Å². The molecule has 7 heteroatoms. The van der Waals surface area contributed by atoms with E-state index >= 15 is 0 Å². The van der Waals surface area contributed by atoms with Gasteiger partial charge < -0.3 is 20.0 Å². The highest BCUT2D eigenvalue weighted by Crippen LogP contribution is 2.33. The molecule has 0 saturated carbocycles. The van der Waals surface area contributed by atoms with Gasteiger partial charge in [0.15, 0.2) is 0 Å². The number of amides is 2. The minimum absolute atomic E-state index is 0.00802. The molecule has 1 heterocycles. The summed E-state index contributed by atoms with van der Waals surface area (Å²) in [5.41, 5.74) is 0.863. The van der Waals surface area contributed by atoms with Crippen molar-refractivity contribution in [2.45, 2.75) is 6.42 Å². The number of nitrogens with one attached hydrogen (secondary N) is 1. The number of hydrogen-bond acceptors (Lipinski definition) is 3. The number of hydrogen-bond donors (Lipinski definition) is 1. The van der Waals surface area contributed by atoms with E-state index in [0.29, 0.717) is 29.7 Å². The van der Waals surface area contributed by atoms with Gasteiger partial charge in [0.05, 0.1) is 15.7 Å². The van der Waals surface area contributed by atoms with Gasteiger partial charge in [-0.25, -0.2) is 4.79 Å². The van der Waals surface area contributed by atoms with Crippen LogP contribution in [-0.4, -0.2) is 69.2 Å². The second-order valence-electron chi connectivity index (χ2n) is 5.93. The van der Waals surface area contributed by atoms with E-state index in [-0.39, 0.29) is 6.03 Å². The summed E-state index contributed by atoms with van der Waals surface area (Å²) in [6.07, 6.45) is 0.952. The molecule has 1 N–H and O–H groups in total. The molecule has 1 saturated heterocycles. The number of carbonyl (C=O) groups excluding carboxylic acids is 1. The van der Waals surface area contributed by atoms with Crippen LogP contribution in [0.4, 0.5) is 10.5 Å². The molecular weight excluding hydrogens is 335 g/mol. The standard InChI is InChI=1S/C16H24Cl2N4O/c1-20(2)8-4-7-19-16(23)22-11-9-21(10-12-22)15-13(17)5-3-6-14(15)18/h3,5-6H,4,7-12H2,1-2H3,(H,19,23). The van der Waals surface area contributed by atoms with Crippen molar-refractivity contribution in [3.05, 3.63) is 28.2 Å². The van der Waals surface area contributed by atoms with Gasteiger partial charge in [0.2, 0.25) is 0 Å². The normalized spacial score (nSPS) is 15.2. The molecule has 0 aliphatic carbocycles. The third kappa shape index (κ3) is 5.16. The Balaban J connectivity index is 1.80. The fourth-order valence-electron chi connectivity index (χ4n) is 2.63. The molecule has 0 unspecified atom stereocenters. The molecule has 1 aliphatic rings. The van der Waals surface area contributed by atoms with Crippen LogP contribution in [0.3, 0.4) is 0 Å². The van der Waals surface area contributed by atoms with Crippen molar-refractivity contribution in [1.82, 2.24) is 15.1 Å². The maximum absolute atomic E-state index is 12.2. The Kier molecular flexibility index (Phi) is 6.81. The first-order valence-electron chi connectivity index (χ1n) is 7.85. The lowest BCUT2D eigenvalue weighted by Gasteiger charge is -2.36. The third-order valence-corrected chi connectivity index (χ3v) is 4.49. The molecule has 2 rings (SSSR count). The highest BCUT2D eigenvalue weighted by molar-refractivity contribution is 6.39. The number of nitrogens with zero attached hydrogens (tertiary/aromatic N) is 3. The van der Waals surface area contributed by atoms with Crippen LogP contribution in [0.25, 0.3) is 0 Å². The number of para-hydroxylation sites is 1. The number of urea groups is 1. The van der Waals surface area contributed by atoms with E-state index in [1.54, 1.807) is 0 Å². The summed E-state index contributed by atoms with van der Waals surface area (Å²) >= 11 is 12.5. The molecule has 1 fully saturated rings. The predicted molar refractivity (Wildman–Crippen MR) is 96.8 cm³/mol. The van der Waals surface area contributed by atoms with Crippen LogP contribution in [-0.2, 0) is 0 Å². The molecule has 128 valence electrons. The number of carbonyl (C=O) groups is 1. The van der Waals surface area contributed by atoms with Crippen molar-refractivity contribution in [3.8, 4) is 0 Å². The van der Waals surface area contributed by atoms with Crippen molar-refractivity contribution in [3.63, 3.8) is 0 Å². The number of rotatable bonds is 5. The average molecular weight is 359 g/mol. The monoisotopic (exact) mass is 358 g/mol. The highest BCUT2D eigenvalue weighted by Gasteiger charge is 2.23. The lowest BCUT2D eigenvalue weighted by molar-refractivity contribution is 0.194. The van der Waals surface area contributed by atoms with Crippen molar-refractivity contribution in [2.75, 3.05) is 58.3 Å². The first kappa shape index (κ1) is 18.2. The topological polar surface area (TPSA) is 38.8 Å². The van der Waals surface area contributed by atoms with E-state index in [1.165, 1.54) is 0 Å². The average Bonchev–Trinajstić information content (AvgIpc) is 2.51. The highest BCUT2D eigenvalue weighted by atomic mass is 35.5. The maximum Gasteiger partial charge on any atom is 0.317 e. The molecule has 2 amide bonds. The number of benzene rings is 1. The van der Waals surface area contributed by atoms with Gasteiger partial charge in [-0.2, -0.15) is 0 Å². The van der Waals surface area contributed by atoms with Gasteiger partial charge in [0.1, 0.15) is 0 Å². The third-order valence-electron chi connectivity index (χ3n) is 3.88. The van der Waals surface area contributed by atoms with E-state index < -0.39 is 0 Å². The van der Waals surface area contributed by atoms with E-state index in [2.05, 4.69) is 15.1 Å². The smallest absolute Gasteiger partial charge is 0.317 e. The fraction of sp³-hybridized carbons (Fsp3) is 0.562. The Morgan fingerprint density at radius 2 is 1.78 bits per heavy atom. The largest absolute Gasteiger partial charge is 0.366 e. The van der Waals surface area contributed by atoms with E-state index in [1.807, 2.05) is 37.2 Å². The SMILES string of the molecule is CN(C)CCCNC(=O)N1CCN(c2c(Cl)cccc2Cl)CC1. The Labute approximate surface area is 148 Å². The van der Waals surface area contributed by atoms with Crippen LogP contribution in [0.15, 0.2) is 18.2 Å². The second-order valence-corrected chi connectivity index (χ2v) is 6.75. The zero-order valence-corrected chi connectivity index (χ0v) is 15.2. The van der Waals surface area contributed by atoms with Crippen LogP contribution in [0.1, 0.15) is 6.42 Å². The zero-order valence-electron chi connectivity index (χ0n) is 13.7. The van der Waals surface area contributed by atoms with Gasteiger partial charge in [-0.3, -0.25) is 0 Å². The molecule has 0 bridgehead atoms. The number of anilines is 1.